The van der Waals surface area contributed by atoms with Gasteiger partial charge in [-0.2, -0.15) is 0 Å². The minimum Gasteiger partial charge on any atom is -0.508 e. The highest BCUT2D eigenvalue weighted by molar-refractivity contribution is 5.86. The van der Waals surface area contributed by atoms with Gasteiger partial charge in [0, 0.05) is 35.9 Å². The maximum atomic E-state index is 9.44. The van der Waals surface area contributed by atoms with Gasteiger partial charge in [-0.1, -0.05) is 0 Å². The standard InChI is InChI=1S/C15H15N3O/c1-11-8-12(4-6-17-11)5-7-18-15-9-14(19)3-2-13(15)10-16/h2-10,16,18-19H,1H3/b7-5+,16-10?. The summed E-state index contributed by atoms with van der Waals surface area (Å²) in [5, 5.41) is 19.8. The normalized spacial score (nSPS) is 10.6. The van der Waals surface area contributed by atoms with Crippen LogP contribution in [-0.4, -0.2) is 16.3 Å². The van der Waals surface area contributed by atoms with Crippen molar-refractivity contribution >= 4 is 18.0 Å². The summed E-state index contributed by atoms with van der Waals surface area (Å²) in [6, 6.07) is 8.71. The molecule has 0 spiro atoms. The Labute approximate surface area is 112 Å². The lowest BCUT2D eigenvalue weighted by Crippen LogP contribution is -1.93. The lowest BCUT2D eigenvalue weighted by Gasteiger charge is -2.05. The molecule has 96 valence electrons. The smallest absolute Gasteiger partial charge is 0.117 e. The van der Waals surface area contributed by atoms with E-state index in [2.05, 4.69) is 10.3 Å². The number of benzene rings is 1. The lowest BCUT2D eigenvalue weighted by atomic mass is 10.2. The van der Waals surface area contributed by atoms with E-state index in [0.29, 0.717) is 11.3 Å². The van der Waals surface area contributed by atoms with Crippen molar-refractivity contribution in [2.24, 2.45) is 0 Å². The molecule has 19 heavy (non-hydrogen) atoms. The van der Waals surface area contributed by atoms with Crippen LogP contribution < -0.4 is 5.32 Å². The molecule has 0 atom stereocenters. The van der Waals surface area contributed by atoms with E-state index in [4.69, 9.17) is 5.41 Å². The van der Waals surface area contributed by atoms with Crippen molar-refractivity contribution in [3.63, 3.8) is 0 Å². The highest BCUT2D eigenvalue weighted by Gasteiger charge is 1.99. The van der Waals surface area contributed by atoms with Crippen molar-refractivity contribution in [2.75, 3.05) is 5.32 Å². The molecule has 0 bridgehead atoms. The van der Waals surface area contributed by atoms with E-state index in [1.165, 1.54) is 6.21 Å². The number of nitrogens with zero attached hydrogens (tertiary/aromatic N) is 1. The number of hydrogen-bond acceptors (Lipinski definition) is 4. The average molecular weight is 253 g/mol. The molecule has 3 N–H and O–H groups in total. The van der Waals surface area contributed by atoms with E-state index < -0.39 is 0 Å². The van der Waals surface area contributed by atoms with Crippen molar-refractivity contribution in [3.05, 3.63) is 59.5 Å². The maximum Gasteiger partial charge on any atom is 0.117 e. The molecule has 1 aromatic heterocycles. The fourth-order valence-corrected chi connectivity index (χ4v) is 1.69. The van der Waals surface area contributed by atoms with Crippen LogP contribution in [0.2, 0.25) is 0 Å². The Morgan fingerprint density at radius 1 is 1.26 bits per heavy atom. The van der Waals surface area contributed by atoms with Crippen LogP contribution in [0.1, 0.15) is 16.8 Å². The number of hydrogen-bond donors (Lipinski definition) is 3. The SMILES string of the molecule is Cc1cc(/C=C/Nc2cc(O)ccc2C=N)ccn1. The van der Waals surface area contributed by atoms with Crippen molar-refractivity contribution in [1.29, 1.82) is 5.41 Å². The summed E-state index contributed by atoms with van der Waals surface area (Å²) in [4.78, 5) is 4.13. The van der Waals surface area contributed by atoms with Gasteiger partial charge in [0.25, 0.3) is 0 Å². The predicted octanol–water partition coefficient (Wildman–Crippen LogP) is 3.18. The number of pyridine rings is 1. The van der Waals surface area contributed by atoms with Crippen molar-refractivity contribution < 1.29 is 5.11 Å². The molecule has 2 rings (SSSR count). The Morgan fingerprint density at radius 3 is 2.84 bits per heavy atom. The zero-order chi connectivity index (χ0) is 13.7. The Balaban J connectivity index is 2.14. The molecule has 0 fully saturated rings. The quantitative estimate of drug-likeness (QED) is 0.733. The van der Waals surface area contributed by atoms with Crippen LogP contribution in [0.3, 0.4) is 0 Å². The summed E-state index contributed by atoms with van der Waals surface area (Å²) in [6.45, 7) is 1.94. The van der Waals surface area contributed by atoms with E-state index >= 15 is 0 Å². The third-order valence-corrected chi connectivity index (χ3v) is 2.63. The Morgan fingerprint density at radius 2 is 2.11 bits per heavy atom. The van der Waals surface area contributed by atoms with Crippen LogP contribution in [-0.2, 0) is 0 Å². The average Bonchev–Trinajstić information content (AvgIpc) is 2.39. The van der Waals surface area contributed by atoms with Gasteiger partial charge in [0.15, 0.2) is 0 Å². The first kappa shape index (κ1) is 12.8. The van der Waals surface area contributed by atoms with Gasteiger partial charge in [0.05, 0.1) is 5.69 Å². The summed E-state index contributed by atoms with van der Waals surface area (Å²) in [5.74, 6) is 0.168. The summed E-state index contributed by atoms with van der Waals surface area (Å²) in [6.07, 6.45) is 6.68. The Hall–Kier alpha value is -2.62. The van der Waals surface area contributed by atoms with Gasteiger partial charge in [-0.25, -0.2) is 0 Å². The van der Waals surface area contributed by atoms with Crippen LogP contribution in [0.5, 0.6) is 5.75 Å². The van der Waals surface area contributed by atoms with Gasteiger partial charge in [-0.15, -0.1) is 0 Å². The monoisotopic (exact) mass is 253 g/mol. The second-order valence-electron chi connectivity index (χ2n) is 4.12. The van der Waals surface area contributed by atoms with Gasteiger partial charge in [0.1, 0.15) is 5.75 Å². The summed E-state index contributed by atoms with van der Waals surface area (Å²) < 4.78 is 0. The molecule has 0 aliphatic heterocycles. The second kappa shape index (κ2) is 5.82. The third kappa shape index (κ3) is 3.42. The van der Waals surface area contributed by atoms with Gasteiger partial charge >= 0.3 is 0 Å². The number of rotatable bonds is 4. The molecule has 1 aromatic carbocycles. The molecule has 1 heterocycles. The molecule has 4 heteroatoms. The fourth-order valence-electron chi connectivity index (χ4n) is 1.69. The Kier molecular flexibility index (Phi) is 3.93. The van der Waals surface area contributed by atoms with Gasteiger partial charge in [-0.05, 0) is 42.8 Å². The number of phenols is 1. The fraction of sp³-hybridized carbons (Fsp3) is 0.0667. The van der Waals surface area contributed by atoms with Gasteiger partial charge in [-0.3, -0.25) is 4.98 Å². The number of phenolic OH excluding ortho intramolecular Hbond substituents is 1. The van der Waals surface area contributed by atoms with Gasteiger partial charge < -0.3 is 15.8 Å². The zero-order valence-corrected chi connectivity index (χ0v) is 10.6. The van der Waals surface area contributed by atoms with E-state index in [1.807, 2.05) is 25.1 Å². The highest BCUT2D eigenvalue weighted by atomic mass is 16.3. The van der Waals surface area contributed by atoms with E-state index in [9.17, 15) is 5.11 Å². The number of aromatic nitrogens is 1. The van der Waals surface area contributed by atoms with Crippen molar-refractivity contribution in [2.45, 2.75) is 6.92 Å². The molecule has 0 amide bonds. The molecule has 0 aliphatic rings. The van der Waals surface area contributed by atoms with Crippen molar-refractivity contribution in [3.8, 4) is 5.75 Å². The number of aromatic hydroxyl groups is 1. The molecule has 0 aliphatic carbocycles. The van der Waals surface area contributed by atoms with Crippen LogP contribution in [0.15, 0.2) is 42.7 Å². The van der Waals surface area contributed by atoms with E-state index in [1.54, 1.807) is 30.6 Å². The molecule has 0 unspecified atom stereocenters. The first-order valence-corrected chi connectivity index (χ1v) is 5.88. The first-order valence-electron chi connectivity index (χ1n) is 5.88. The number of anilines is 1. The second-order valence-corrected chi connectivity index (χ2v) is 4.12. The molecule has 0 radical (unpaired) electrons. The summed E-state index contributed by atoms with van der Waals surface area (Å²) in [5.41, 5.74) is 3.40. The molecule has 4 nitrogen and oxygen atoms in total. The largest absolute Gasteiger partial charge is 0.508 e. The molecular weight excluding hydrogens is 238 g/mol. The van der Waals surface area contributed by atoms with Crippen LogP contribution in [0.4, 0.5) is 5.69 Å². The van der Waals surface area contributed by atoms with E-state index in [0.717, 1.165) is 11.3 Å². The molecular formula is C15H15N3O. The minimum absolute atomic E-state index is 0.168. The Bertz CT molecular complexity index is 621. The van der Waals surface area contributed by atoms with Crippen LogP contribution >= 0.6 is 0 Å². The topological polar surface area (TPSA) is 69.0 Å². The maximum absolute atomic E-state index is 9.44. The molecule has 0 saturated carbocycles. The minimum atomic E-state index is 0.168. The first-order chi connectivity index (χ1) is 9.19. The number of nitrogens with one attached hydrogen (secondary N) is 2. The predicted molar refractivity (Wildman–Crippen MR) is 77.6 cm³/mol. The summed E-state index contributed by atoms with van der Waals surface area (Å²) in [7, 11) is 0. The molecule has 2 aromatic rings. The molecule has 0 saturated heterocycles. The lowest BCUT2D eigenvalue weighted by molar-refractivity contribution is 0.475. The van der Waals surface area contributed by atoms with Gasteiger partial charge in [0.2, 0.25) is 0 Å². The number of aryl methyl sites for hydroxylation is 1. The van der Waals surface area contributed by atoms with Crippen molar-refractivity contribution in [1.82, 2.24) is 4.98 Å². The van der Waals surface area contributed by atoms with E-state index in [-0.39, 0.29) is 5.75 Å². The highest BCUT2D eigenvalue weighted by Crippen LogP contribution is 2.20. The van der Waals surface area contributed by atoms with Crippen LogP contribution in [0.25, 0.3) is 6.08 Å². The van der Waals surface area contributed by atoms with Crippen LogP contribution in [0, 0.1) is 12.3 Å². The zero-order valence-electron chi connectivity index (χ0n) is 10.6. The third-order valence-electron chi connectivity index (χ3n) is 2.63. The summed E-state index contributed by atoms with van der Waals surface area (Å²) >= 11 is 0.